The predicted octanol–water partition coefficient (Wildman–Crippen LogP) is 0.0589. The highest BCUT2D eigenvalue weighted by atomic mass is 19.4. The van der Waals surface area contributed by atoms with E-state index in [1.165, 1.54) is 10.6 Å². The highest BCUT2D eigenvalue weighted by Gasteiger charge is 2.70. The van der Waals surface area contributed by atoms with Crippen molar-refractivity contribution in [2.75, 3.05) is 13.0 Å². The second-order valence-corrected chi connectivity index (χ2v) is 8.08. The number of piperidine rings is 1. The fourth-order valence-electron chi connectivity index (χ4n) is 3.84. The van der Waals surface area contributed by atoms with Crippen molar-refractivity contribution in [3.63, 3.8) is 0 Å². The van der Waals surface area contributed by atoms with Gasteiger partial charge in [-0.1, -0.05) is 34.3 Å². The number of amides is 5. The first kappa shape index (κ1) is 10.1. The van der Waals surface area contributed by atoms with E-state index in [4.69, 9.17) is 37.3 Å². The molecule has 10 nitrogen and oxygen atoms in total. The standard InChI is InChI=1S/C23H34F3N5O5/c1-21(2,3)15(30-20(36)23(24,25)26)19(35)31-9-11-13(22(11,4)5)14(31)18(34)29-12(16(27)32)8-10-6-7-28-17(10)33/h10-15H,6-9H2,1-5H3,(H2,27,32)(H,28,33)(H,29,34)(H,30,36)/t10-,11-,12-,13-,14-,15+/m0/s1/i1D3,2D3,3D3,4D3,5D3,6D2,7D2,8D2,10D,12D. The van der Waals surface area contributed by atoms with Crippen molar-refractivity contribution >= 4 is 29.5 Å². The van der Waals surface area contributed by atoms with Gasteiger partial charge in [-0.2, -0.15) is 13.2 Å². The average molecular weight is 541 g/mol. The molecule has 0 aromatic carbocycles. The van der Waals surface area contributed by atoms with Crippen LogP contribution in [0.15, 0.2) is 0 Å². The van der Waals surface area contributed by atoms with E-state index < -0.39 is 142 Å². The molecule has 3 aliphatic rings. The highest BCUT2D eigenvalue weighted by molar-refractivity contribution is 5.96. The van der Waals surface area contributed by atoms with Crippen LogP contribution in [0.2, 0.25) is 0 Å². The monoisotopic (exact) mass is 540 g/mol. The van der Waals surface area contributed by atoms with Crippen LogP contribution in [0, 0.1) is 28.6 Å². The summed E-state index contributed by atoms with van der Waals surface area (Å²) in [4.78, 5) is 66.6. The summed E-state index contributed by atoms with van der Waals surface area (Å²) in [5.41, 5.74) is -2.75. The van der Waals surface area contributed by atoms with Crippen molar-refractivity contribution in [1.29, 1.82) is 0 Å². The number of hydrogen-bond donors (Lipinski definition) is 4. The lowest BCUT2D eigenvalue weighted by atomic mass is 9.85. The van der Waals surface area contributed by atoms with E-state index in [1.54, 1.807) is 0 Å². The van der Waals surface area contributed by atoms with E-state index >= 15 is 0 Å². The van der Waals surface area contributed by atoms with Crippen molar-refractivity contribution in [3.05, 3.63) is 0 Å². The highest BCUT2D eigenvalue weighted by Crippen LogP contribution is 2.65. The van der Waals surface area contributed by atoms with Crippen LogP contribution in [0.4, 0.5) is 13.2 Å². The Morgan fingerprint density at radius 3 is 2.50 bits per heavy atom. The molecule has 2 aliphatic heterocycles. The molecular weight excluding hydrogens is 483 g/mol. The molecule has 202 valence electrons. The molecule has 0 spiro atoms. The summed E-state index contributed by atoms with van der Waals surface area (Å²) in [6.45, 7) is -26.5. The van der Waals surface area contributed by atoms with Gasteiger partial charge in [-0.3, -0.25) is 24.0 Å². The maximum absolute atomic E-state index is 14.5. The SMILES string of the molecule is [2H]C([2H])([2H])C1(C([2H])([2H])[2H])[C@@H]2[C@@H](C(=O)N[C@]([2H])(C(N)=O)C([2H])([2H])[C@@]3([2H])C(=O)NC([2H])([2H])C3([2H])[2H])N(C(=O)[C@@H](NC(=O)C(F)(F)F)C(C([2H])([2H])[2H])(C([2H])([2H])[2H])C([2H])([2H])[2H])C[C@@H]21. The van der Waals surface area contributed by atoms with E-state index in [-0.39, 0.29) is 4.90 Å². The number of carbonyl (C=O) groups is 5. The number of nitrogens with two attached hydrogens (primary N) is 1. The van der Waals surface area contributed by atoms with Gasteiger partial charge in [-0.25, -0.2) is 0 Å². The van der Waals surface area contributed by atoms with Crippen LogP contribution >= 0.6 is 0 Å². The van der Waals surface area contributed by atoms with Crippen molar-refractivity contribution in [2.45, 2.75) is 71.3 Å². The van der Waals surface area contributed by atoms with Gasteiger partial charge in [0.1, 0.15) is 18.1 Å². The minimum atomic E-state index is -6.15. The van der Waals surface area contributed by atoms with Gasteiger partial charge in [0.25, 0.3) is 0 Å². The normalized spacial score (nSPS) is 45.9. The lowest BCUT2D eigenvalue weighted by molar-refractivity contribution is -0.176. The van der Waals surface area contributed by atoms with Crippen LogP contribution < -0.4 is 21.7 Å². The summed E-state index contributed by atoms with van der Waals surface area (Å²) in [6, 6.07) is -11.5. The molecule has 3 rings (SSSR count). The van der Waals surface area contributed by atoms with Gasteiger partial charge in [-0.05, 0) is 35.4 Å². The minimum Gasteiger partial charge on any atom is -0.368 e. The third-order valence-corrected chi connectivity index (χ3v) is 5.60. The molecule has 0 bridgehead atoms. The smallest absolute Gasteiger partial charge is 0.368 e. The Balaban J connectivity index is 2.44. The first-order valence-electron chi connectivity index (χ1n) is 21.2. The number of alkyl halides is 3. The van der Waals surface area contributed by atoms with Gasteiger partial charge < -0.3 is 26.6 Å². The van der Waals surface area contributed by atoms with Crippen LogP contribution in [0.5, 0.6) is 0 Å². The molecule has 1 aliphatic carbocycles. The van der Waals surface area contributed by atoms with Crippen LogP contribution in [-0.4, -0.2) is 71.8 Å². The summed E-state index contributed by atoms with van der Waals surface area (Å²) in [7, 11) is 0. The van der Waals surface area contributed by atoms with E-state index in [9.17, 15) is 37.1 Å². The Kier molecular flexibility index (Phi) is 2.59. The average Bonchev–Trinajstić information content (AvgIpc) is 3.46. The Morgan fingerprint density at radius 1 is 1.33 bits per heavy atom. The molecule has 0 radical (unpaired) electrons. The molecule has 1 saturated carbocycles. The first-order valence-corrected chi connectivity index (χ1v) is 9.73. The molecule has 13 heteroatoms. The summed E-state index contributed by atoms with van der Waals surface area (Å²) < 4.78 is 226. The van der Waals surface area contributed by atoms with E-state index in [0.29, 0.717) is 5.32 Å². The van der Waals surface area contributed by atoms with Crippen molar-refractivity contribution in [2.24, 2.45) is 34.3 Å². The maximum Gasteiger partial charge on any atom is 0.471 e. The molecule has 6 atom stereocenters. The molecule has 2 saturated heterocycles. The second-order valence-electron chi connectivity index (χ2n) is 8.08. The third kappa shape index (κ3) is 5.29. The molecule has 5 N–H and O–H groups in total. The summed E-state index contributed by atoms with van der Waals surface area (Å²) in [6.07, 6.45) is -14.8. The Hall–Kier alpha value is -2.86. The molecule has 2 heterocycles. The second kappa shape index (κ2) is 9.22. The summed E-state index contributed by atoms with van der Waals surface area (Å²) >= 11 is 0. The van der Waals surface area contributed by atoms with E-state index in [2.05, 4.69) is 0 Å². The Labute approximate surface area is 239 Å². The lowest BCUT2D eigenvalue weighted by Gasteiger charge is -2.38. The van der Waals surface area contributed by atoms with Crippen LogP contribution in [0.3, 0.4) is 0 Å². The number of fused-ring (bicyclic) bond motifs is 1. The molecule has 36 heavy (non-hydrogen) atoms. The van der Waals surface area contributed by atoms with E-state index in [1.807, 2.05) is 0 Å². The molecule has 0 aromatic heterocycles. The quantitative estimate of drug-likeness (QED) is 0.360. The van der Waals surface area contributed by atoms with Gasteiger partial charge in [0.05, 0.1) is 1.37 Å². The molecule has 0 unspecified atom stereocenters. The number of nitrogens with zero attached hydrogens (tertiary/aromatic N) is 1. The van der Waals surface area contributed by atoms with Gasteiger partial charge >= 0.3 is 12.1 Å². The molecule has 3 fully saturated rings. The van der Waals surface area contributed by atoms with Gasteiger partial charge in [0, 0.05) is 49.1 Å². The zero-order valence-electron chi connectivity index (χ0n) is 40.7. The van der Waals surface area contributed by atoms with Gasteiger partial charge in [-0.15, -0.1) is 0 Å². The fourth-order valence-corrected chi connectivity index (χ4v) is 3.84. The zero-order chi connectivity index (χ0) is 47.1. The van der Waals surface area contributed by atoms with Gasteiger partial charge in [0.2, 0.25) is 23.6 Å². The van der Waals surface area contributed by atoms with Crippen LogP contribution in [0.1, 0.15) is 78.5 Å². The number of primary amides is 1. The Morgan fingerprint density at radius 2 is 2.00 bits per heavy atom. The maximum atomic E-state index is 14.5. The number of likely N-dealkylation sites (tertiary alicyclic amines) is 1. The minimum absolute atomic E-state index is 0.271. The van der Waals surface area contributed by atoms with Crippen LogP contribution in [0.25, 0.3) is 0 Å². The fraction of sp³-hybridized carbons (Fsp3) is 0.783. The van der Waals surface area contributed by atoms with Crippen LogP contribution in [-0.2, 0) is 24.0 Å². The number of rotatable bonds is 7. The van der Waals surface area contributed by atoms with Crippen molar-refractivity contribution < 1.29 is 68.7 Å². The number of hydrogen-bond acceptors (Lipinski definition) is 5. The molecular formula is C23H34F3N5O5. The van der Waals surface area contributed by atoms with E-state index in [0.717, 1.165) is 0 Å². The number of nitrogens with one attached hydrogen (secondary N) is 3. The molecule has 0 aromatic rings. The largest absolute Gasteiger partial charge is 0.471 e. The topological polar surface area (TPSA) is 151 Å². The molecule has 5 amide bonds. The van der Waals surface area contributed by atoms with Crippen molar-refractivity contribution in [3.8, 4) is 0 Å². The summed E-state index contributed by atoms with van der Waals surface area (Å²) in [5, 5.41) is 3.20. The zero-order valence-corrected chi connectivity index (χ0v) is 17.7. The number of halogens is 3. The predicted molar refractivity (Wildman–Crippen MR) is 121 cm³/mol. The van der Waals surface area contributed by atoms with Crippen molar-refractivity contribution in [1.82, 2.24) is 20.9 Å². The number of carbonyl (C=O) groups excluding carboxylic acids is 5. The first-order chi connectivity index (χ1) is 25.6. The Bertz CT molecular complexity index is 1740. The van der Waals surface area contributed by atoms with Gasteiger partial charge in [0.15, 0.2) is 0 Å². The lowest BCUT2D eigenvalue weighted by Crippen LogP contribution is -2.61. The third-order valence-electron chi connectivity index (χ3n) is 5.60. The summed E-state index contributed by atoms with van der Waals surface area (Å²) in [5.74, 6) is -21.7.